The lowest BCUT2D eigenvalue weighted by Gasteiger charge is -2.38. The van der Waals surface area contributed by atoms with Crippen LogP contribution in [0, 0.1) is 11.7 Å². The van der Waals surface area contributed by atoms with Crippen LogP contribution in [-0.2, 0) is 6.54 Å². The van der Waals surface area contributed by atoms with Gasteiger partial charge in [0.2, 0.25) is 0 Å². The Bertz CT molecular complexity index is 1020. The Morgan fingerprint density at radius 1 is 1.03 bits per heavy atom. The molecule has 0 bridgehead atoms. The Labute approximate surface area is 212 Å². The number of carbonyl (C=O) groups excluding carboxylic acids is 1. The van der Waals surface area contributed by atoms with Crippen LogP contribution in [0.3, 0.4) is 0 Å². The first kappa shape index (κ1) is 24.5. The topological polar surface area (TPSA) is 51.7 Å². The van der Waals surface area contributed by atoms with Crippen molar-refractivity contribution < 1.29 is 9.18 Å². The number of aromatic nitrogens is 1. The van der Waals surface area contributed by atoms with Gasteiger partial charge in [0.05, 0.1) is 0 Å². The van der Waals surface area contributed by atoms with Gasteiger partial charge in [-0.2, -0.15) is 0 Å². The molecule has 1 aliphatic carbocycles. The number of hydrogen-bond acceptors (Lipinski definition) is 5. The molecule has 0 radical (unpaired) electrons. The number of piperidine rings is 1. The lowest BCUT2D eigenvalue weighted by Crippen LogP contribution is -2.46. The fourth-order valence-electron chi connectivity index (χ4n) is 5.24. The molecule has 0 spiro atoms. The van der Waals surface area contributed by atoms with E-state index in [4.69, 9.17) is 16.6 Å². The molecule has 1 amide bonds. The van der Waals surface area contributed by atoms with Crippen LogP contribution in [0.5, 0.6) is 0 Å². The first-order valence-corrected chi connectivity index (χ1v) is 13.3. The molecule has 3 heterocycles. The number of likely N-dealkylation sites (tertiary alicyclic amines) is 1. The van der Waals surface area contributed by atoms with Gasteiger partial charge in [-0.1, -0.05) is 23.7 Å². The summed E-state index contributed by atoms with van der Waals surface area (Å²) in [7, 11) is 0. The van der Waals surface area contributed by atoms with E-state index in [0.29, 0.717) is 22.7 Å². The summed E-state index contributed by atoms with van der Waals surface area (Å²) >= 11 is 6.23. The van der Waals surface area contributed by atoms with Gasteiger partial charge >= 0.3 is 0 Å². The highest BCUT2D eigenvalue weighted by Crippen LogP contribution is 2.28. The zero-order valence-corrected chi connectivity index (χ0v) is 21.0. The van der Waals surface area contributed by atoms with Crippen molar-refractivity contribution >= 4 is 23.3 Å². The van der Waals surface area contributed by atoms with Crippen LogP contribution >= 0.6 is 11.6 Å². The minimum Gasteiger partial charge on any atom is -0.355 e. The number of pyridine rings is 1. The summed E-state index contributed by atoms with van der Waals surface area (Å²) in [5.41, 5.74) is 1.51. The maximum Gasteiger partial charge on any atom is 0.269 e. The summed E-state index contributed by atoms with van der Waals surface area (Å²) in [4.78, 5) is 24.6. The maximum absolute atomic E-state index is 13.3. The summed E-state index contributed by atoms with van der Waals surface area (Å²) in [5, 5.41) is 3.53. The average molecular weight is 500 g/mol. The van der Waals surface area contributed by atoms with Crippen molar-refractivity contribution in [1.29, 1.82) is 0 Å². The van der Waals surface area contributed by atoms with Gasteiger partial charge in [-0.15, -0.1) is 0 Å². The number of nitrogens with one attached hydrogen (secondary N) is 1. The van der Waals surface area contributed by atoms with E-state index in [-0.39, 0.29) is 11.7 Å². The number of carbonyl (C=O) groups is 1. The molecule has 2 aliphatic heterocycles. The molecule has 8 heteroatoms. The summed E-state index contributed by atoms with van der Waals surface area (Å²) in [6.07, 6.45) is 5.80. The minimum atomic E-state index is -0.286. The molecule has 1 aromatic heterocycles. The van der Waals surface area contributed by atoms with Gasteiger partial charge in [-0.3, -0.25) is 14.6 Å². The second-order valence-corrected chi connectivity index (χ2v) is 10.6. The van der Waals surface area contributed by atoms with Crippen molar-refractivity contribution in [2.45, 2.75) is 44.7 Å². The Hall–Kier alpha value is -2.22. The van der Waals surface area contributed by atoms with Gasteiger partial charge in [-0.25, -0.2) is 9.37 Å². The van der Waals surface area contributed by atoms with Gasteiger partial charge in [-0.05, 0) is 80.9 Å². The normalized spacial score (nSPS) is 20.6. The Kier molecular flexibility index (Phi) is 7.85. The van der Waals surface area contributed by atoms with E-state index in [1.54, 1.807) is 6.07 Å². The first-order chi connectivity index (χ1) is 17.0. The van der Waals surface area contributed by atoms with E-state index in [0.717, 1.165) is 83.0 Å². The predicted octanol–water partition coefficient (Wildman–Crippen LogP) is 4.19. The zero-order chi connectivity index (χ0) is 24.2. The number of anilines is 1. The number of halogens is 2. The van der Waals surface area contributed by atoms with Crippen LogP contribution in [0.4, 0.5) is 10.2 Å². The van der Waals surface area contributed by atoms with Crippen LogP contribution in [0.2, 0.25) is 5.02 Å². The molecule has 35 heavy (non-hydrogen) atoms. The van der Waals surface area contributed by atoms with E-state index in [1.165, 1.54) is 25.0 Å². The molecule has 1 saturated carbocycles. The summed E-state index contributed by atoms with van der Waals surface area (Å²) in [6, 6.07) is 11.0. The van der Waals surface area contributed by atoms with Crippen molar-refractivity contribution in [1.82, 2.24) is 20.1 Å². The number of nitrogens with zero attached hydrogens (tertiary/aromatic N) is 4. The molecule has 0 atom stereocenters. The second-order valence-electron chi connectivity index (χ2n) is 10.2. The largest absolute Gasteiger partial charge is 0.355 e. The molecule has 2 aromatic rings. The lowest BCUT2D eigenvalue weighted by atomic mass is 10.0. The Morgan fingerprint density at radius 2 is 1.86 bits per heavy atom. The predicted molar refractivity (Wildman–Crippen MR) is 137 cm³/mol. The van der Waals surface area contributed by atoms with Crippen LogP contribution < -0.4 is 10.2 Å². The number of hydrogen-bond donors (Lipinski definition) is 1. The fraction of sp³-hybridized carbons (Fsp3) is 0.556. The monoisotopic (exact) mass is 499 g/mol. The third-order valence-corrected chi connectivity index (χ3v) is 7.90. The second kappa shape index (κ2) is 11.2. The van der Waals surface area contributed by atoms with Gasteiger partial charge in [0, 0.05) is 50.3 Å². The zero-order valence-electron chi connectivity index (χ0n) is 20.3. The third-order valence-electron chi connectivity index (χ3n) is 7.55. The fourth-order valence-corrected chi connectivity index (χ4v) is 5.47. The van der Waals surface area contributed by atoms with Crippen LogP contribution in [0.25, 0.3) is 0 Å². The highest BCUT2D eigenvalue weighted by molar-refractivity contribution is 6.31. The quantitative estimate of drug-likeness (QED) is 0.619. The molecule has 188 valence electrons. The standard InChI is InChI=1S/C27H35ClFN5O/c28-24-17-22(29)8-7-21(24)19-32-13-9-23(10-14-32)33-11-2-12-34(16-15-33)26-4-1-3-25(31-26)27(35)30-18-20-5-6-20/h1,3-4,7-8,17,20,23H,2,5-6,9-16,18-19H2,(H,30,35). The van der Waals surface area contributed by atoms with E-state index < -0.39 is 0 Å². The van der Waals surface area contributed by atoms with E-state index in [1.807, 2.05) is 18.2 Å². The van der Waals surface area contributed by atoms with Crippen molar-refractivity contribution in [2.75, 3.05) is 50.7 Å². The smallest absolute Gasteiger partial charge is 0.269 e. The molecule has 3 aliphatic rings. The molecule has 1 N–H and O–H groups in total. The average Bonchev–Trinajstić information content (AvgIpc) is 3.72. The van der Waals surface area contributed by atoms with Gasteiger partial charge in [0.1, 0.15) is 17.3 Å². The molecule has 1 aromatic carbocycles. The third kappa shape index (κ3) is 6.51. The molecule has 3 fully saturated rings. The van der Waals surface area contributed by atoms with E-state index in [2.05, 4.69) is 20.0 Å². The van der Waals surface area contributed by atoms with Crippen LogP contribution in [0.1, 0.15) is 48.2 Å². The lowest BCUT2D eigenvalue weighted by molar-refractivity contribution is 0.0947. The number of benzene rings is 1. The van der Waals surface area contributed by atoms with Crippen LogP contribution in [-0.4, -0.2) is 72.5 Å². The van der Waals surface area contributed by atoms with Crippen molar-refractivity contribution in [3.8, 4) is 0 Å². The minimum absolute atomic E-state index is 0.0658. The molecule has 0 unspecified atom stereocenters. The molecular weight excluding hydrogens is 465 g/mol. The summed E-state index contributed by atoms with van der Waals surface area (Å²) < 4.78 is 13.3. The Balaban J connectivity index is 1.11. The van der Waals surface area contributed by atoms with E-state index >= 15 is 0 Å². The van der Waals surface area contributed by atoms with Crippen molar-refractivity contribution in [3.05, 3.63) is 58.5 Å². The van der Waals surface area contributed by atoms with Crippen molar-refractivity contribution in [3.63, 3.8) is 0 Å². The Morgan fingerprint density at radius 3 is 2.63 bits per heavy atom. The van der Waals surface area contributed by atoms with Crippen LogP contribution in [0.15, 0.2) is 36.4 Å². The molecule has 6 nitrogen and oxygen atoms in total. The molecule has 5 rings (SSSR count). The van der Waals surface area contributed by atoms with Gasteiger partial charge in [0.15, 0.2) is 0 Å². The highest BCUT2D eigenvalue weighted by Gasteiger charge is 2.27. The highest BCUT2D eigenvalue weighted by atomic mass is 35.5. The summed E-state index contributed by atoms with van der Waals surface area (Å²) in [5.74, 6) is 1.21. The molecular formula is C27H35ClFN5O. The van der Waals surface area contributed by atoms with Gasteiger partial charge < -0.3 is 10.2 Å². The number of amides is 1. The maximum atomic E-state index is 13.3. The van der Waals surface area contributed by atoms with E-state index in [9.17, 15) is 9.18 Å². The summed E-state index contributed by atoms with van der Waals surface area (Å²) in [6.45, 7) is 7.57. The SMILES string of the molecule is O=C(NCC1CC1)c1cccc(N2CCCN(C3CCN(Cc4ccc(F)cc4Cl)CC3)CC2)n1. The van der Waals surface area contributed by atoms with Crippen molar-refractivity contribution in [2.24, 2.45) is 5.92 Å². The first-order valence-electron chi connectivity index (χ1n) is 13.0. The van der Waals surface area contributed by atoms with Gasteiger partial charge in [0.25, 0.3) is 5.91 Å². The molecule has 2 saturated heterocycles. The number of rotatable bonds is 7.